The van der Waals surface area contributed by atoms with Crippen LogP contribution in [-0.2, 0) is 9.53 Å². The molecule has 1 aliphatic heterocycles. The largest absolute Gasteiger partial charge is 0.461 e. The first-order valence-electron chi connectivity index (χ1n) is 7.16. The van der Waals surface area contributed by atoms with E-state index in [2.05, 4.69) is 6.58 Å². The summed E-state index contributed by atoms with van der Waals surface area (Å²) in [6.45, 7) is 7.93. The Morgan fingerprint density at radius 3 is 2.58 bits per heavy atom. The highest BCUT2D eigenvalue weighted by atomic mass is 16.6. The van der Waals surface area contributed by atoms with Gasteiger partial charge in [0.1, 0.15) is 6.10 Å². The second-order valence-electron chi connectivity index (χ2n) is 6.54. The number of hydrogen-bond acceptors (Lipinski definition) is 4. The Balaban J connectivity index is 2.00. The maximum absolute atomic E-state index is 11.8. The second kappa shape index (κ2) is 4.32. The molecular weight excluding hydrogens is 244 g/mol. The smallest absolute Gasteiger partial charge is 0.309 e. The van der Waals surface area contributed by atoms with Crippen LogP contribution >= 0.6 is 0 Å². The van der Waals surface area contributed by atoms with Gasteiger partial charge >= 0.3 is 5.97 Å². The molecule has 3 fully saturated rings. The minimum absolute atomic E-state index is 0.0812. The molecule has 2 aliphatic carbocycles. The SMILES string of the molecule is C=C1C[C@H](O)[C@@H]2[C@@H](OC(=O)[C@H]2C)[C@H]2[C@H](C)[C@@H](O)C[C@@H]12. The number of aliphatic hydroxyl groups is 2. The van der Waals surface area contributed by atoms with Crippen LogP contribution in [0.15, 0.2) is 12.2 Å². The topological polar surface area (TPSA) is 66.8 Å². The molecule has 0 aromatic carbocycles. The minimum atomic E-state index is -0.561. The second-order valence-corrected chi connectivity index (χ2v) is 6.54. The summed E-state index contributed by atoms with van der Waals surface area (Å²) in [6, 6.07) is 0. The van der Waals surface area contributed by atoms with Gasteiger partial charge in [0, 0.05) is 11.8 Å². The molecule has 2 saturated carbocycles. The van der Waals surface area contributed by atoms with Crippen molar-refractivity contribution in [3.05, 3.63) is 12.2 Å². The van der Waals surface area contributed by atoms with E-state index in [0.29, 0.717) is 12.8 Å². The zero-order valence-corrected chi connectivity index (χ0v) is 11.5. The summed E-state index contributed by atoms with van der Waals surface area (Å²) in [4.78, 5) is 11.8. The molecule has 0 bridgehead atoms. The number of fused-ring (bicyclic) bond motifs is 3. The molecular formula is C15H22O4. The van der Waals surface area contributed by atoms with Crippen molar-refractivity contribution in [2.24, 2.45) is 29.6 Å². The van der Waals surface area contributed by atoms with Crippen LogP contribution in [0.3, 0.4) is 0 Å². The van der Waals surface area contributed by atoms with Crippen molar-refractivity contribution >= 4 is 5.97 Å². The third-order valence-electron chi connectivity index (χ3n) is 5.57. The van der Waals surface area contributed by atoms with Gasteiger partial charge in [-0.2, -0.15) is 0 Å². The zero-order chi connectivity index (χ0) is 13.9. The van der Waals surface area contributed by atoms with E-state index in [1.165, 1.54) is 0 Å². The van der Waals surface area contributed by atoms with Gasteiger partial charge in [0.25, 0.3) is 0 Å². The van der Waals surface area contributed by atoms with E-state index in [1.54, 1.807) is 0 Å². The van der Waals surface area contributed by atoms with Crippen molar-refractivity contribution in [1.29, 1.82) is 0 Å². The van der Waals surface area contributed by atoms with Gasteiger partial charge in [-0.3, -0.25) is 4.79 Å². The van der Waals surface area contributed by atoms with Gasteiger partial charge in [-0.25, -0.2) is 0 Å². The molecule has 0 radical (unpaired) electrons. The molecule has 106 valence electrons. The van der Waals surface area contributed by atoms with E-state index in [-0.39, 0.29) is 47.8 Å². The summed E-state index contributed by atoms with van der Waals surface area (Å²) in [5.41, 5.74) is 0.999. The average molecular weight is 266 g/mol. The Bertz CT molecular complexity index is 418. The number of hydrogen-bond donors (Lipinski definition) is 2. The maximum Gasteiger partial charge on any atom is 0.309 e. The summed E-state index contributed by atoms with van der Waals surface area (Å²) in [5.74, 6) is -0.304. The number of aliphatic hydroxyl groups excluding tert-OH is 2. The van der Waals surface area contributed by atoms with Gasteiger partial charge in [0.2, 0.25) is 0 Å². The van der Waals surface area contributed by atoms with Crippen LogP contribution in [-0.4, -0.2) is 34.5 Å². The molecule has 19 heavy (non-hydrogen) atoms. The van der Waals surface area contributed by atoms with Crippen molar-refractivity contribution < 1.29 is 19.7 Å². The molecule has 3 aliphatic rings. The van der Waals surface area contributed by atoms with E-state index in [1.807, 2.05) is 13.8 Å². The highest BCUT2D eigenvalue weighted by molar-refractivity contribution is 5.75. The van der Waals surface area contributed by atoms with Gasteiger partial charge in [-0.1, -0.05) is 26.0 Å². The van der Waals surface area contributed by atoms with Crippen molar-refractivity contribution in [1.82, 2.24) is 0 Å². The van der Waals surface area contributed by atoms with Crippen LogP contribution in [0.1, 0.15) is 26.7 Å². The summed E-state index contributed by atoms with van der Waals surface area (Å²) < 4.78 is 5.56. The lowest BCUT2D eigenvalue weighted by Gasteiger charge is -2.30. The first-order chi connectivity index (χ1) is 8.91. The quantitative estimate of drug-likeness (QED) is 0.509. The van der Waals surface area contributed by atoms with Crippen molar-refractivity contribution in [2.45, 2.75) is 45.0 Å². The molecule has 4 nitrogen and oxygen atoms in total. The molecule has 0 aromatic rings. The molecule has 0 amide bonds. The Morgan fingerprint density at radius 2 is 1.89 bits per heavy atom. The molecule has 8 atom stereocenters. The lowest BCUT2D eigenvalue weighted by molar-refractivity contribution is -0.146. The lowest BCUT2D eigenvalue weighted by Crippen LogP contribution is -2.37. The predicted octanol–water partition coefficient (Wildman–Crippen LogP) is 1.12. The average Bonchev–Trinajstić information content (AvgIpc) is 2.75. The molecule has 2 N–H and O–H groups in total. The van der Waals surface area contributed by atoms with Crippen LogP contribution < -0.4 is 0 Å². The van der Waals surface area contributed by atoms with E-state index >= 15 is 0 Å². The third-order valence-corrected chi connectivity index (χ3v) is 5.57. The number of rotatable bonds is 0. The van der Waals surface area contributed by atoms with E-state index < -0.39 is 6.10 Å². The fraction of sp³-hybridized carbons (Fsp3) is 0.800. The van der Waals surface area contributed by atoms with Crippen LogP contribution in [0, 0.1) is 29.6 Å². The van der Waals surface area contributed by atoms with Crippen LogP contribution in [0.25, 0.3) is 0 Å². The van der Waals surface area contributed by atoms with Gasteiger partial charge < -0.3 is 14.9 Å². The molecule has 0 unspecified atom stereocenters. The van der Waals surface area contributed by atoms with E-state index in [4.69, 9.17) is 4.74 Å². The van der Waals surface area contributed by atoms with Gasteiger partial charge in [0.05, 0.1) is 18.1 Å². The standard InChI is InChI=1S/C15H22O4/c1-6-4-11(17)13-8(3)15(18)19-14(13)12-7(2)10(16)5-9(6)12/h7-14,16-17H,1,4-5H2,2-3H3/t7-,8+,9+,10+,11+,12+,13-,14+/m1/s1. The lowest BCUT2D eigenvalue weighted by atomic mass is 9.77. The zero-order valence-electron chi connectivity index (χ0n) is 11.5. The third kappa shape index (κ3) is 1.77. The highest BCUT2D eigenvalue weighted by Gasteiger charge is 2.57. The first-order valence-corrected chi connectivity index (χ1v) is 7.16. The van der Waals surface area contributed by atoms with Gasteiger partial charge in [0.15, 0.2) is 0 Å². The highest BCUT2D eigenvalue weighted by Crippen LogP contribution is 2.52. The Hall–Kier alpha value is -0.870. The summed E-state index contributed by atoms with van der Waals surface area (Å²) in [5, 5.41) is 20.5. The molecule has 1 heterocycles. The maximum atomic E-state index is 11.8. The number of carbonyl (C=O) groups excluding carboxylic acids is 1. The molecule has 1 saturated heterocycles. The number of carbonyl (C=O) groups is 1. The fourth-order valence-corrected chi connectivity index (χ4v) is 4.43. The van der Waals surface area contributed by atoms with Crippen molar-refractivity contribution in [3.63, 3.8) is 0 Å². The predicted molar refractivity (Wildman–Crippen MR) is 69.1 cm³/mol. The summed E-state index contributed by atoms with van der Waals surface area (Å²) >= 11 is 0. The Morgan fingerprint density at radius 1 is 1.21 bits per heavy atom. The molecule has 0 aromatic heterocycles. The van der Waals surface area contributed by atoms with E-state index in [0.717, 1.165) is 5.57 Å². The van der Waals surface area contributed by atoms with E-state index in [9.17, 15) is 15.0 Å². The van der Waals surface area contributed by atoms with Crippen molar-refractivity contribution in [3.8, 4) is 0 Å². The molecule has 4 heteroatoms. The molecule has 0 spiro atoms. The van der Waals surface area contributed by atoms with Crippen molar-refractivity contribution in [2.75, 3.05) is 0 Å². The summed E-state index contributed by atoms with van der Waals surface area (Å²) in [7, 11) is 0. The number of ether oxygens (including phenoxy) is 1. The first kappa shape index (κ1) is 13.1. The summed E-state index contributed by atoms with van der Waals surface area (Å²) in [6.07, 6.45) is -0.00463. The minimum Gasteiger partial charge on any atom is -0.461 e. The number of esters is 1. The Labute approximate surface area is 113 Å². The van der Waals surface area contributed by atoms with Gasteiger partial charge in [-0.15, -0.1) is 0 Å². The monoisotopic (exact) mass is 266 g/mol. The van der Waals surface area contributed by atoms with Gasteiger partial charge in [-0.05, 0) is 24.7 Å². The Kier molecular flexibility index (Phi) is 2.98. The fourth-order valence-electron chi connectivity index (χ4n) is 4.43. The normalized spacial score (nSPS) is 53.5. The van der Waals surface area contributed by atoms with Crippen LogP contribution in [0.2, 0.25) is 0 Å². The van der Waals surface area contributed by atoms with Crippen LogP contribution in [0.5, 0.6) is 0 Å². The molecule has 3 rings (SSSR count). The van der Waals surface area contributed by atoms with Crippen LogP contribution in [0.4, 0.5) is 0 Å².